The molecule has 0 amide bonds. The number of rotatable bonds is 3. The van der Waals surface area contributed by atoms with Crippen LogP contribution in [-0.4, -0.2) is 31.2 Å². The summed E-state index contributed by atoms with van der Waals surface area (Å²) in [7, 11) is 0. The summed E-state index contributed by atoms with van der Waals surface area (Å²) in [5, 5.41) is 12.9. The van der Waals surface area contributed by atoms with Gasteiger partial charge in [-0.2, -0.15) is 4.98 Å². The van der Waals surface area contributed by atoms with Crippen molar-refractivity contribution >= 4 is 5.97 Å². The number of nitrogens with zero attached hydrogens (tertiary/aromatic N) is 4. The Morgan fingerprint density at radius 2 is 2.25 bits per heavy atom. The Labute approximate surface area is 115 Å². The molecule has 1 saturated carbocycles. The van der Waals surface area contributed by atoms with Crippen molar-refractivity contribution in [2.24, 2.45) is 5.92 Å². The fourth-order valence-corrected chi connectivity index (χ4v) is 2.52. The van der Waals surface area contributed by atoms with Gasteiger partial charge in [0.2, 0.25) is 11.7 Å². The second-order valence-electron chi connectivity index (χ2n) is 4.99. The van der Waals surface area contributed by atoms with Gasteiger partial charge in [-0.1, -0.05) is 5.16 Å². The second kappa shape index (κ2) is 4.99. The molecular formula is C13H14N4O3. The summed E-state index contributed by atoms with van der Waals surface area (Å²) in [6.45, 7) is 1.79. The number of carbonyl (C=O) groups is 1. The first-order valence-electron chi connectivity index (χ1n) is 6.50. The van der Waals surface area contributed by atoms with Gasteiger partial charge in [0.05, 0.1) is 5.92 Å². The highest BCUT2D eigenvalue weighted by Gasteiger charge is 2.33. The molecule has 7 heteroatoms. The van der Waals surface area contributed by atoms with Gasteiger partial charge in [-0.3, -0.25) is 4.79 Å². The Balaban J connectivity index is 1.79. The molecule has 2 unspecified atom stereocenters. The summed E-state index contributed by atoms with van der Waals surface area (Å²) >= 11 is 0. The number of hydrogen-bond donors (Lipinski definition) is 1. The van der Waals surface area contributed by atoms with Crippen molar-refractivity contribution in [3.8, 4) is 11.5 Å². The monoisotopic (exact) mass is 274 g/mol. The molecule has 2 atom stereocenters. The molecule has 3 rings (SSSR count). The topological polar surface area (TPSA) is 102 Å². The van der Waals surface area contributed by atoms with E-state index in [0.717, 1.165) is 6.42 Å². The van der Waals surface area contributed by atoms with E-state index in [0.29, 0.717) is 36.1 Å². The van der Waals surface area contributed by atoms with Gasteiger partial charge in [-0.25, -0.2) is 9.97 Å². The quantitative estimate of drug-likeness (QED) is 0.910. The highest BCUT2D eigenvalue weighted by molar-refractivity contribution is 5.70. The largest absolute Gasteiger partial charge is 0.481 e. The lowest BCUT2D eigenvalue weighted by Gasteiger charge is -2.02. The predicted molar refractivity (Wildman–Crippen MR) is 67.8 cm³/mol. The SMILES string of the molecule is Cc1nccc(-c2noc(C3CCC(C(=O)O)C3)n2)n1. The van der Waals surface area contributed by atoms with Crippen LogP contribution in [0.2, 0.25) is 0 Å². The average molecular weight is 274 g/mol. The van der Waals surface area contributed by atoms with Crippen LogP contribution in [0, 0.1) is 12.8 Å². The molecule has 0 spiro atoms. The van der Waals surface area contributed by atoms with Gasteiger partial charge in [0, 0.05) is 12.1 Å². The van der Waals surface area contributed by atoms with Gasteiger partial charge in [-0.15, -0.1) is 0 Å². The number of aryl methyl sites for hydroxylation is 1. The third-order valence-corrected chi connectivity index (χ3v) is 3.58. The van der Waals surface area contributed by atoms with Crippen LogP contribution in [0.4, 0.5) is 0 Å². The average Bonchev–Trinajstić information content (AvgIpc) is 3.08. The second-order valence-corrected chi connectivity index (χ2v) is 4.99. The lowest BCUT2D eigenvalue weighted by Crippen LogP contribution is -2.09. The van der Waals surface area contributed by atoms with E-state index in [2.05, 4.69) is 20.1 Å². The minimum absolute atomic E-state index is 0.0280. The van der Waals surface area contributed by atoms with Crippen molar-refractivity contribution in [3.05, 3.63) is 24.0 Å². The number of carboxylic acid groups (broad SMARTS) is 1. The standard InChI is InChI=1S/C13H14N4O3/c1-7-14-5-4-10(15-7)11-16-12(20-17-11)8-2-3-9(6-8)13(18)19/h4-5,8-9H,2-3,6H2,1H3,(H,18,19). The number of aromatic nitrogens is 4. The highest BCUT2D eigenvalue weighted by Crippen LogP contribution is 2.38. The van der Waals surface area contributed by atoms with Crippen LogP contribution < -0.4 is 0 Å². The van der Waals surface area contributed by atoms with Gasteiger partial charge in [0.1, 0.15) is 11.5 Å². The summed E-state index contributed by atoms with van der Waals surface area (Å²) in [6.07, 6.45) is 3.62. The maximum absolute atomic E-state index is 11.0. The zero-order chi connectivity index (χ0) is 14.1. The van der Waals surface area contributed by atoms with Gasteiger partial charge < -0.3 is 9.63 Å². The van der Waals surface area contributed by atoms with Crippen LogP contribution >= 0.6 is 0 Å². The van der Waals surface area contributed by atoms with E-state index in [4.69, 9.17) is 9.63 Å². The maximum atomic E-state index is 11.0. The van der Waals surface area contributed by atoms with Crippen LogP contribution in [0.1, 0.15) is 36.9 Å². The summed E-state index contributed by atoms with van der Waals surface area (Å²) in [5.74, 6) is 0.528. The third-order valence-electron chi connectivity index (χ3n) is 3.58. The molecule has 2 aromatic rings. The van der Waals surface area contributed by atoms with Crippen molar-refractivity contribution in [2.45, 2.75) is 32.1 Å². The van der Waals surface area contributed by atoms with Gasteiger partial charge >= 0.3 is 5.97 Å². The Kier molecular flexibility index (Phi) is 3.17. The van der Waals surface area contributed by atoms with Gasteiger partial charge in [-0.05, 0) is 32.3 Å². The van der Waals surface area contributed by atoms with Crippen LogP contribution in [0.3, 0.4) is 0 Å². The van der Waals surface area contributed by atoms with Crippen LogP contribution in [0.5, 0.6) is 0 Å². The first-order valence-corrected chi connectivity index (χ1v) is 6.50. The van der Waals surface area contributed by atoms with Crippen molar-refractivity contribution in [1.29, 1.82) is 0 Å². The molecule has 104 valence electrons. The maximum Gasteiger partial charge on any atom is 0.306 e. The first kappa shape index (κ1) is 12.7. The van der Waals surface area contributed by atoms with Crippen molar-refractivity contribution < 1.29 is 14.4 Å². The Morgan fingerprint density at radius 3 is 2.95 bits per heavy atom. The summed E-state index contributed by atoms with van der Waals surface area (Å²) in [4.78, 5) is 23.5. The summed E-state index contributed by atoms with van der Waals surface area (Å²) < 4.78 is 5.26. The van der Waals surface area contributed by atoms with Crippen molar-refractivity contribution in [1.82, 2.24) is 20.1 Å². The molecule has 7 nitrogen and oxygen atoms in total. The van der Waals surface area contributed by atoms with Crippen molar-refractivity contribution in [2.75, 3.05) is 0 Å². The lowest BCUT2D eigenvalue weighted by molar-refractivity contribution is -0.141. The first-order chi connectivity index (χ1) is 9.63. The van der Waals surface area contributed by atoms with E-state index in [1.54, 1.807) is 19.2 Å². The fourth-order valence-electron chi connectivity index (χ4n) is 2.52. The Bertz CT molecular complexity index is 640. The molecule has 0 radical (unpaired) electrons. The zero-order valence-corrected chi connectivity index (χ0v) is 11.0. The molecule has 1 N–H and O–H groups in total. The molecule has 2 aromatic heterocycles. The summed E-state index contributed by atoms with van der Waals surface area (Å²) in [6, 6.07) is 1.72. The van der Waals surface area contributed by atoms with E-state index < -0.39 is 5.97 Å². The fraction of sp³-hybridized carbons (Fsp3) is 0.462. The molecule has 0 aliphatic heterocycles. The van der Waals surface area contributed by atoms with Gasteiger partial charge in [0.15, 0.2) is 0 Å². The Hall–Kier alpha value is -2.31. The van der Waals surface area contributed by atoms with Crippen molar-refractivity contribution in [3.63, 3.8) is 0 Å². The molecule has 20 heavy (non-hydrogen) atoms. The molecule has 0 saturated heterocycles. The van der Waals surface area contributed by atoms with E-state index in [1.165, 1.54) is 0 Å². The molecular weight excluding hydrogens is 260 g/mol. The molecule has 1 fully saturated rings. The van der Waals surface area contributed by atoms with Gasteiger partial charge in [0.25, 0.3) is 0 Å². The number of carboxylic acids is 1. The minimum Gasteiger partial charge on any atom is -0.481 e. The molecule has 1 aliphatic rings. The Morgan fingerprint density at radius 1 is 1.40 bits per heavy atom. The molecule has 0 bridgehead atoms. The summed E-state index contributed by atoms with van der Waals surface area (Å²) in [5.41, 5.74) is 0.611. The highest BCUT2D eigenvalue weighted by atomic mass is 16.5. The number of hydrogen-bond acceptors (Lipinski definition) is 6. The zero-order valence-electron chi connectivity index (χ0n) is 11.0. The normalized spacial score (nSPS) is 22.1. The van der Waals surface area contributed by atoms with Crippen LogP contribution in [0.15, 0.2) is 16.8 Å². The molecule has 1 aliphatic carbocycles. The number of aliphatic carboxylic acids is 1. The van der Waals surface area contributed by atoms with E-state index in [-0.39, 0.29) is 11.8 Å². The smallest absolute Gasteiger partial charge is 0.306 e. The molecule has 2 heterocycles. The molecule has 0 aromatic carbocycles. The van der Waals surface area contributed by atoms with Crippen LogP contribution in [-0.2, 0) is 4.79 Å². The van der Waals surface area contributed by atoms with E-state index in [1.807, 2.05) is 0 Å². The van der Waals surface area contributed by atoms with E-state index in [9.17, 15) is 4.79 Å². The van der Waals surface area contributed by atoms with Crippen LogP contribution in [0.25, 0.3) is 11.5 Å². The minimum atomic E-state index is -0.751. The lowest BCUT2D eigenvalue weighted by atomic mass is 10.1. The third kappa shape index (κ3) is 2.38. The predicted octanol–water partition coefficient (Wildman–Crippen LogP) is 1.80. The van der Waals surface area contributed by atoms with E-state index >= 15 is 0 Å².